The van der Waals surface area contributed by atoms with Crippen molar-refractivity contribution in [2.24, 2.45) is 11.7 Å². The first-order valence-corrected chi connectivity index (χ1v) is 11.2. The first kappa shape index (κ1) is 22.1. The highest BCUT2D eigenvalue weighted by Gasteiger charge is 2.26. The number of nitrogens with zero attached hydrogens (tertiary/aromatic N) is 1. The van der Waals surface area contributed by atoms with Crippen LogP contribution in [0.4, 0.5) is 0 Å². The molecule has 1 aliphatic carbocycles. The Hall–Kier alpha value is -2.56. The third kappa shape index (κ3) is 4.61. The average Bonchev–Trinajstić information content (AvgIpc) is 3.04. The highest BCUT2D eigenvalue weighted by molar-refractivity contribution is 6.02. The van der Waals surface area contributed by atoms with Crippen LogP contribution in [0.5, 0.6) is 0 Å². The lowest BCUT2D eigenvalue weighted by Gasteiger charge is -2.24. The summed E-state index contributed by atoms with van der Waals surface area (Å²) in [6, 6.07) is 7.30. The lowest BCUT2D eigenvalue weighted by molar-refractivity contribution is 0.0600. The number of unbranched alkanes of at least 4 members (excludes halogenated alkanes) is 1. The minimum absolute atomic E-state index is 0.367. The molecule has 0 saturated heterocycles. The van der Waals surface area contributed by atoms with Crippen molar-refractivity contribution in [1.82, 2.24) is 4.57 Å². The monoisotopic (exact) mass is 410 g/mol. The molecule has 0 atom stereocenters. The summed E-state index contributed by atoms with van der Waals surface area (Å²) in [7, 11) is 1.37. The van der Waals surface area contributed by atoms with Gasteiger partial charge in [0.05, 0.1) is 18.2 Å². The van der Waals surface area contributed by atoms with Gasteiger partial charge < -0.3 is 15.0 Å². The summed E-state index contributed by atoms with van der Waals surface area (Å²) in [6.45, 7) is 5.15. The Morgan fingerprint density at radius 2 is 1.80 bits per heavy atom. The van der Waals surface area contributed by atoms with Gasteiger partial charge in [-0.3, -0.25) is 4.79 Å². The van der Waals surface area contributed by atoms with Crippen molar-refractivity contribution in [2.75, 3.05) is 7.11 Å². The van der Waals surface area contributed by atoms with Crippen molar-refractivity contribution >= 4 is 11.9 Å². The molecule has 1 amide bonds. The second-order valence-corrected chi connectivity index (χ2v) is 8.43. The summed E-state index contributed by atoms with van der Waals surface area (Å²) >= 11 is 0. The fraction of sp³-hybridized carbons (Fsp3) is 0.520. The SMILES string of the molecule is CCCCc1c(-c2ccc(C(=O)OC)cc2)c(C(N)=O)c(C)n1CC1CCCCC1. The Balaban J connectivity index is 2.10. The highest BCUT2D eigenvalue weighted by atomic mass is 16.5. The van der Waals surface area contributed by atoms with Crippen LogP contribution in [-0.2, 0) is 17.7 Å². The van der Waals surface area contributed by atoms with Crippen LogP contribution in [-0.4, -0.2) is 23.6 Å². The molecule has 1 aromatic carbocycles. The number of aromatic nitrogens is 1. The van der Waals surface area contributed by atoms with E-state index in [1.807, 2.05) is 19.1 Å². The average molecular weight is 411 g/mol. The van der Waals surface area contributed by atoms with E-state index in [2.05, 4.69) is 11.5 Å². The molecule has 2 aromatic rings. The summed E-state index contributed by atoms with van der Waals surface area (Å²) < 4.78 is 7.17. The van der Waals surface area contributed by atoms with Crippen molar-refractivity contribution in [3.05, 3.63) is 46.8 Å². The zero-order valence-corrected chi connectivity index (χ0v) is 18.5. The first-order chi connectivity index (χ1) is 14.5. The molecular formula is C25H34N2O3. The van der Waals surface area contributed by atoms with Gasteiger partial charge >= 0.3 is 5.97 Å². The zero-order valence-electron chi connectivity index (χ0n) is 18.5. The van der Waals surface area contributed by atoms with E-state index in [1.54, 1.807) is 12.1 Å². The Labute approximate surface area is 179 Å². The summed E-state index contributed by atoms with van der Waals surface area (Å²) in [4.78, 5) is 24.3. The number of nitrogens with two attached hydrogens (primary N) is 1. The van der Waals surface area contributed by atoms with E-state index in [0.717, 1.165) is 42.6 Å². The minimum Gasteiger partial charge on any atom is -0.465 e. The molecule has 1 aliphatic rings. The molecule has 5 heteroatoms. The molecule has 30 heavy (non-hydrogen) atoms. The Bertz CT molecular complexity index is 890. The van der Waals surface area contributed by atoms with E-state index in [1.165, 1.54) is 44.9 Å². The predicted molar refractivity (Wildman–Crippen MR) is 120 cm³/mol. The zero-order chi connectivity index (χ0) is 21.7. The van der Waals surface area contributed by atoms with Crippen LogP contribution in [0.3, 0.4) is 0 Å². The molecule has 3 rings (SSSR count). The molecule has 5 nitrogen and oxygen atoms in total. The predicted octanol–water partition coefficient (Wildman–Crippen LogP) is 5.27. The van der Waals surface area contributed by atoms with Gasteiger partial charge in [0.1, 0.15) is 0 Å². The molecule has 0 unspecified atom stereocenters. The number of carbonyl (C=O) groups excluding carboxylic acids is 2. The van der Waals surface area contributed by atoms with Gasteiger partial charge in [-0.05, 0) is 56.2 Å². The number of ether oxygens (including phenoxy) is 1. The van der Waals surface area contributed by atoms with E-state index < -0.39 is 0 Å². The Kier molecular flexibility index (Phi) is 7.35. The number of hydrogen-bond donors (Lipinski definition) is 1. The summed E-state index contributed by atoms with van der Waals surface area (Å²) in [5.41, 5.74) is 11.0. The highest BCUT2D eigenvalue weighted by Crippen LogP contribution is 2.36. The normalized spacial score (nSPS) is 14.6. The van der Waals surface area contributed by atoms with Crippen molar-refractivity contribution in [1.29, 1.82) is 0 Å². The summed E-state index contributed by atoms with van der Waals surface area (Å²) in [5, 5.41) is 0. The van der Waals surface area contributed by atoms with Crippen LogP contribution in [0.15, 0.2) is 24.3 Å². The number of methoxy groups -OCH3 is 1. The quantitative estimate of drug-likeness (QED) is 0.602. The van der Waals surface area contributed by atoms with Gasteiger partial charge in [0.15, 0.2) is 0 Å². The smallest absolute Gasteiger partial charge is 0.337 e. The van der Waals surface area contributed by atoms with Gasteiger partial charge in [-0.1, -0.05) is 44.7 Å². The largest absolute Gasteiger partial charge is 0.465 e. The van der Waals surface area contributed by atoms with E-state index >= 15 is 0 Å². The molecule has 0 radical (unpaired) electrons. The van der Waals surface area contributed by atoms with Crippen LogP contribution < -0.4 is 5.73 Å². The van der Waals surface area contributed by atoms with E-state index in [-0.39, 0.29) is 11.9 Å². The van der Waals surface area contributed by atoms with Crippen molar-refractivity contribution in [3.63, 3.8) is 0 Å². The Morgan fingerprint density at radius 1 is 1.13 bits per heavy atom. The second-order valence-electron chi connectivity index (χ2n) is 8.43. The van der Waals surface area contributed by atoms with Gasteiger partial charge in [-0.15, -0.1) is 0 Å². The molecule has 1 heterocycles. The van der Waals surface area contributed by atoms with E-state index in [4.69, 9.17) is 10.5 Å². The van der Waals surface area contributed by atoms with Gasteiger partial charge in [-0.2, -0.15) is 0 Å². The van der Waals surface area contributed by atoms with Gasteiger partial charge in [0.25, 0.3) is 5.91 Å². The van der Waals surface area contributed by atoms with Crippen LogP contribution >= 0.6 is 0 Å². The lowest BCUT2D eigenvalue weighted by atomic mass is 9.89. The van der Waals surface area contributed by atoms with Gasteiger partial charge in [0, 0.05) is 23.5 Å². The number of rotatable bonds is 8. The third-order valence-electron chi connectivity index (χ3n) is 6.40. The third-order valence-corrected chi connectivity index (χ3v) is 6.40. The van der Waals surface area contributed by atoms with Crippen LogP contribution in [0, 0.1) is 12.8 Å². The maximum Gasteiger partial charge on any atom is 0.337 e. The number of carbonyl (C=O) groups is 2. The van der Waals surface area contributed by atoms with Crippen LogP contribution in [0.2, 0.25) is 0 Å². The number of esters is 1. The molecule has 1 fully saturated rings. The van der Waals surface area contributed by atoms with Gasteiger partial charge in [0.2, 0.25) is 0 Å². The molecular weight excluding hydrogens is 376 g/mol. The molecule has 0 bridgehead atoms. The fourth-order valence-electron chi connectivity index (χ4n) is 4.78. The molecule has 0 spiro atoms. The molecule has 162 valence electrons. The van der Waals surface area contributed by atoms with Crippen molar-refractivity contribution < 1.29 is 14.3 Å². The van der Waals surface area contributed by atoms with Crippen LogP contribution in [0.1, 0.15) is 84.0 Å². The molecule has 1 aromatic heterocycles. The Morgan fingerprint density at radius 3 is 2.37 bits per heavy atom. The maximum absolute atomic E-state index is 12.5. The molecule has 2 N–H and O–H groups in total. The maximum atomic E-state index is 12.5. The van der Waals surface area contributed by atoms with Crippen molar-refractivity contribution in [3.8, 4) is 11.1 Å². The summed E-state index contributed by atoms with van der Waals surface area (Å²) in [5.74, 6) is -0.103. The van der Waals surface area contributed by atoms with Crippen LogP contribution in [0.25, 0.3) is 11.1 Å². The summed E-state index contributed by atoms with van der Waals surface area (Å²) in [6.07, 6.45) is 9.46. The number of benzene rings is 1. The number of primary amides is 1. The second kappa shape index (κ2) is 9.96. The topological polar surface area (TPSA) is 74.3 Å². The minimum atomic E-state index is -0.389. The number of amides is 1. The van der Waals surface area contributed by atoms with Gasteiger partial charge in [-0.25, -0.2) is 4.79 Å². The molecule has 1 saturated carbocycles. The first-order valence-electron chi connectivity index (χ1n) is 11.2. The fourth-order valence-corrected chi connectivity index (χ4v) is 4.78. The lowest BCUT2D eigenvalue weighted by Crippen LogP contribution is -2.18. The van der Waals surface area contributed by atoms with E-state index in [9.17, 15) is 9.59 Å². The standard InChI is InChI=1S/C25H34N2O3/c1-4-5-11-21-23(19-12-14-20(15-13-19)25(29)30-3)22(24(26)28)17(2)27(21)16-18-9-7-6-8-10-18/h12-15,18H,4-11,16H2,1-3H3,(H2,26,28). The number of hydrogen-bond acceptors (Lipinski definition) is 3. The van der Waals surface area contributed by atoms with Crippen molar-refractivity contribution in [2.45, 2.75) is 71.8 Å². The van der Waals surface area contributed by atoms with E-state index in [0.29, 0.717) is 17.0 Å². The molecule has 0 aliphatic heterocycles.